The Balaban J connectivity index is 1.64. The number of rotatable bonds is 6. The Morgan fingerprint density at radius 3 is 2.88 bits per heavy atom. The number of carbonyl (C=O) groups excluding carboxylic acids is 1. The summed E-state index contributed by atoms with van der Waals surface area (Å²) in [5.74, 6) is 0.462. The molecule has 2 heterocycles. The van der Waals surface area contributed by atoms with Gasteiger partial charge in [-0.15, -0.1) is 0 Å². The maximum Gasteiger partial charge on any atom is 0.269 e. The molecule has 2 aromatic rings. The maximum absolute atomic E-state index is 12.7. The zero-order chi connectivity index (χ0) is 18.5. The number of aromatic amines is 1. The number of nitrogens with zero attached hydrogens (tertiary/aromatic N) is 2. The van der Waals surface area contributed by atoms with Crippen molar-refractivity contribution in [1.29, 1.82) is 0 Å². The van der Waals surface area contributed by atoms with E-state index in [0.29, 0.717) is 29.5 Å². The summed E-state index contributed by atoms with van der Waals surface area (Å²) in [4.78, 5) is 18.0. The summed E-state index contributed by atoms with van der Waals surface area (Å²) < 4.78 is 8.05. The normalized spacial score (nSPS) is 18.2. The second kappa shape index (κ2) is 8.62. The molecule has 1 aromatic carbocycles. The number of ether oxygens (including phenoxy) is 1. The number of benzene rings is 1. The number of imidazole rings is 1. The van der Waals surface area contributed by atoms with Gasteiger partial charge in [-0.3, -0.25) is 14.3 Å². The van der Waals surface area contributed by atoms with Crippen LogP contribution in [0.2, 0.25) is 0 Å². The van der Waals surface area contributed by atoms with Gasteiger partial charge in [-0.2, -0.15) is 0 Å². The van der Waals surface area contributed by atoms with Crippen molar-refractivity contribution in [3.63, 3.8) is 0 Å². The molecule has 3 rings (SSSR count). The number of hydrogen-bond acceptors (Lipinski definition) is 4. The summed E-state index contributed by atoms with van der Waals surface area (Å²) in [5.41, 5.74) is 1.36. The van der Waals surface area contributed by atoms with Crippen LogP contribution in [0.15, 0.2) is 36.5 Å². The predicted molar refractivity (Wildman–Crippen MR) is 104 cm³/mol. The highest BCUT2D eigenvalue weighted by molar-refractivity contribution is 7.71. The third kappa shape index (κ3) is 4.60. The van der Waals surface area contributed by atoms with Crippen molar-refractivity contribution >= 4 is 18.1 Å². The minimum absolute atomic E-state index is 0.0125. The summed E-state index contributed by atoms with van der Waals surface area (Å²) in [7, 11) is 0. The third-order valence-corrected chi connectivity index (χ3v) is 4.66. The number of para-hydroxylation sites is 1. The molecule has 0 bridgehead atoms. The molecule has 1 unspecified atom stereocenters. The van der Waals surface area contributed by atoms with Crippen molar-refractivity contribution in [2.45, 2.75) is 20.0 Å². The number of nitrogens with one attached hydrogen (secondary N) is 2. The standard InChI is InChI=1S/C19H26N4O2S/c1-14(2)12-22-8-9-25-16(13-22)10-20-18(24)17-11-21-19(26)23(17)15-6-4-3-5-7-15/h3-7,11,14,16H,8-10,12-13H2,1-2H3,(H,20,24)(H,21,26). The van der Waals surface area contributed by atoms with Crippen molar-refractivity contribution in [1.82, 2.24) is 19.8 Å². The van der Waals surface area contributed by atoms with Gasteiger partial charge in [-0.25, -0.2) is 0 Å². The van der Waals surface area contributed by atoms with Gasteiger partial charge in [-0.1, -0.05) is 32.0 Å². The van der Waals surface area contributed by atoms with Crippen molar-refractivity contribution in [3.8, 4) is 5.69 Å². The fourth-order valence-electron chi connectivity index (χ4n) is 3.25. The predicted octanol–water partition coefficient (Wildman–Crippen LogP) is 2.62. The molecule has 0 saturated carbocycles. The molecular weight excluding hydrogens is 348 g/mol. The average Bonchev–Trinajstić information content (AvgIpc) is 3.02. The van der Waals surface area contributed by atoms with Gasteiger partial charge in [0, 0.05) is 38.1 Å². The van der Waals surface area contributed by atoms with Gasteiger partial charge in [-0.05, 0) is 30.3 Å². The number of morpholine rings is 1. The number of amides is 1. The Labute approximate surface area is 159 Å². The lowest BCUT2D eigenvalue weighted by Gasteiger charge is -2.33. The Morgan fingerprint density at radius 1 is 1.38 bits per heavy atom. The molecular formula is C19H26N4O2S. The fourth-order valence-corrected chi connectivity index (χ4v) is 3.52. The van der Waals surface area contributed by atoms with Crippen LogP contribution in [0.1, 0.15) is 24.3 Å². The number of H-pyrrole nitrogens is 1. The first-order valence-electron chi connectivity index (χ1n) is 9.02. The number of carbonyl (C=O) groups is 1. The van der Waals surface area contributed by atoms with Gasteiger partial charge < -0.3 is 15.0 Å². The van der Waals surface area contributed by atoms with Crippen LogP contribution in [0.25, 0.3) is 5.69 Å². The summed E-state index contributed by atoms with van der Waals surface area (Å²) in [5, 5.41) is 2.99. The van der Waals surface area contributed by atoms with Crippen LogP contribution >= 0.6 is 12.2 Å². The molecule has 1 aliphatic rings. The van der Waals surface area contributed by atoms with E-state index in [9.17, 15) is 4.79 Å². The molecule has 1 aromatic heterocycles. The van der Waals surface area contributed by atoms with Crippen LogP contribution in [0.5, 0.6) is 0 Å². The molecule has 1 amide bonds. The van der Waals surface area contributed by atoms with Crippen molar-refractivity contribution in [2.75, 3.05) is 32.8 Å². The average molecular weight is 375 g/mol. The first-order chi connectivity index (χ1) is 12.5. The van der Waals surface area contributed by atoms with Crippen LogP contribution in [-0.2, 0) is 4.74 Å². The lowest BCUT2D eigenvalue weighted by atomic mass is 10.2. The van der Waals surface area contributed by atoms with E-state index in [-0.39, 0.29) is 12.0 Å². The van der Waals surface area contributed by atoms with Crippen LogP contribution in [0, 0.1) is 10.7 Å². The SMILES string of the molecule is CC(C)CN1CCOC(CNC(=O)c2c[nH]c(=S)n2-c2ccccc2)C1. The largest absolute Gasteiger partial charge is 0.374 e. The van der Waals surface area contributed by atoms with E-state index in [4.69, 9.17) is 17.0 Å². The molecule has 0 spiro atoms. The van der Waals surface area contributed by atoms with Crippen LogP contribution in [-0.4, -0.2) is 59.2 Å². The lowest BCUT2D eigenvalue weighted by Crippen LogP contribution is -2.48. The summed E-state index contributed by atoms with van der Waals surface area (Å²) in [6.45, 7) is 8.47. The quantitative estimate of drug-likeness (QED) is 0.763. The summed E-state index contributed by atoms with van der Waals surface area (Å²) in [6, 6.07) is 9.63. The Bertz CT molecular complexity index is 784. The maximum atomic E-state index is 12.7. The Hall–Kier alpha value is -1.96. The van der Waals surface area contributed by atoms with Crippen molar-refractivity contribution in [3.05, 3.63) is 47.0 Å². The molecule has 140 valence electrons. The molecule has 1 saturated heterocycles. The number of aromatic nitrogens is 2. The lowest BCUT2D eigenvalue weighted by molar-refractivity contribution is -0.0296. The Morgan fingerprint density at radius 2 is 2.15 bits per heavy atom. The van der Waals surface area contributed by atoms with E-state index in [1.807, 2.05) is 30.3 Å². The van der Waals surface area contributed by atoms with E-state index in [2.05, 4.69) is 29.0 Å². The third-order valence-electron chi connectivity index (χ3n) is 4.36. The second-order valence-electron chi connectivity index (χ2n) is 7.01. The van der Waals surface area contributed by atoms with E-state index in [1.165, 1.54) is 0 Å². The van der Waals surface area contributed by atoms with E-state index >= 15 is 0 Å². The zero-order valence-electron chi connectivity index (χ0n) is 15.3. The molecule has 0 radical (unpaired) electrons. The Kier molecular flexibility index (Phi) is 6.24. The monoisotopic (exact) mass is 374 g/mol. The first kappa shape index (κ1) is 18.8. The molecule has 1 atom stereocenters. The highest BCUT2D eigenvalue weighted by Crippen LogP contribution is 2.13. The molecule has 0 aliphatic carbocycles. The van der Waals surface area contributed by atoms with E-state index < -0.39 is 0 Å². The fraction of sp³-hybridized carbons (Fsp3) is 0.474. The molecule has 6 nitrogen and oxygen atoms in total. The van der Waals surface area contributed by atoms with E-state index in [0.717, 1.165) is 25.3 Å². The second-order valence-corrected chi connectivity index (χ2v) is 7.39. The van der Waals surface area contributed by atoms with Gasteiger partial charge in [0.1, 0.15) is 5.69 Å². The van der Waals surface area contributed by atoms with Gasteiger partial charge in [0.05, 0.1) is 12.7 Å². The number of hydrogen-bond donors (Lipinski definition) is 2. The zero-order valence-corrected chi connectivity index (χ0v) is 16.1. The first-order valence-corrected chi connectivity index (χ1v) is 9.43. The minimum Gasteiger partial charge on any atom is -0.374 e. The molecule has 1 fully saturated rings. The van der Waals surface area contributed by atoms with Gasteiger partial charge in [0.2, 0.25) is 0 Å². The highest BCUT2D eigenvalue weighted by atomic mass is 32.1. The molecule has 1 aliphatic heterocycles. The van der Waals surface area contributed by atoms with E-state index in [1.54, 1.807) is 10.8 Å². The highest BCUT2D eigenvalue weighted by Gasteiger charge is 2.22. The molecule has 2 N–H and O–H groups in total. The van der Waals surface area contributed by atoms with Crippen molar-refractivity contribution in [2.24, 2.45) is 5.92 Å². The topological polar surface area (TPSA) is 62.3 Å². The van der Waals surface area contributed by atoms with Gasteiger partial charge in [0.25, 0.3) is 5.91 Å². The van der Waals surface area contributed by atoms with Gasteiger partial charge in [0.15, 0.2) is 4.77 Å². The smallest absolute Gasteiger partial charge is 0.269 e. The van der Waals surface area contributed by atoms with Crippen LogP contribution in [0.3, 0.4) is 0 Å². The summed E-state index contributed by atoms with van der Waals surface area (Å²) in [6.07, 6.45) is 1.66. The minimum atomic E-state index is -0.161. The van der Waals surface area contributed by atoms with Crippen LogP contribution < -0.4 is 5.32 Å². The van der Waals surface area contributed by atoms with Crippen LogP contribution in [0.4, 0.5) is 0 Å². The van der Waals surface area contributed by atoms with Gasteiger partial charge >= 0.3 is 0 Å². The van der Waals surface area contributed by atoms with Crippen molar-refractivity contribution < 1.29 is 9.53 Å². The molecule has 26 heavy (non-hydrogen) atoms. The molecule has 7 heteroatoms. The summed E-state index contributed by atoms with van der Waals surface area (Å²) >= 11 is 5.33.